The summed E-state index contributed by atoms with van der Waals surface area (Å²) in [7, 11) is 0. The molecule has 11 heteroatoms. The number of aliphatic hydroxyl groups excluding tert-OH is 1. The summed E-state index contributed by atoms with van der Waals surface area (Å²) in [4.78, 5) is 4.27. The van der Waals surface area contributed by atoms with Gasteiger partial charge in [-0.2, -0.15) is 5.10 Å². The molecule has 0 spiro atoms. The first-order chi connectivity index (χ1) is 12.9. The second-order valence-corrected chi connectivity index (χ2v) is 6.80. The molecule has 0 aromatic carbocycles. The molecule has 27 heavy (non-hydrogen) atoms. The number of hydrogen-bond acceptors (Lipinski definition) is 7. The van der Waals surface area contributed by atoms with Crippen molar-refractivity contribution >= 4 is 17.3 Å². The number of hydrogen-bond donors (Lipinski definition) is 3. The van der Waals surface area contributed by atoms with Gasteiger partial charge in [0.25, 0.3) is 0 Å². The fraction of sp³-hybridized carbons (Fsp3) is 0.688. The molecular weight excluding hydrogens is 368 g/mol. The van der Waals surface area contributed by atoms with Gasteiger partial charge < -0.3 is 20.9 Å². The third-order valence-corrected chi connectivity index (χ3v) is 4.09. The zero-order chi connectivity index (χ0) is 19.8. The highest BCUT2D eigenvalue weighted by Gasteiger charge is 2.21. The zero-order valence-corrected chi connectivity index (χ0v) is 16.8. The topological polar surface area (TPSA) is 129 Å². The quantitative estimate of drug-likeness (QED) is 0.594. The largest absolute Gasteiger partial charge is 0.393 e. The van der Waals surface area contributed by atoms with E-state index >= 15 is 0 Å². The predicted molar refractivity (Wildman–Crippen MR) is 104 cm³/mol. The summed E-state index contributed by atoms with van der Waals surface area (Å²) in [5.74, 6) is 1.62. The summed E-state index contributed by atoms with van der Waals surface area (Å²) >= 11 is 4.46. The molecule has 150 valence electrons. The van der Waals surface area contributed by atoms with E-state index in [2.05, 4.69) is 37.9 Å². The fourth-order valence-corrected chi connectivity index (χ4v) is 2.88. The molecule has 1 saturated heterocycles. The van der Waals surface area contributed by atoms with Crippen molar-refractivity contribution in [1.82, 2.24) is 35.1 Å². The number of ether oxygens (including phenoxy) is 1. The molecule has 0 saturated carbocycles. The van der Waals surface area contributed by atoms with Crippen LogP contribution in [-0.4, -0.2) is 65.3 Å². The number of aromatic nitrogens is 6. The SMILES string of the molecule is CCNC(N)=S.Cc1nc(C)n(Cc2cn(CC3CC(O)CCO3)nn2)n1. The van der Waals surface area contributed by atoms with Gasteiger partial charge in [0.15, 0.2) is 5.11 Å². The lowest BCUT2D eigenvalue weighted by Gasteiger charge is -2.26. The van der Waals surface area contributed by atoms with E-state index in [1.807, 2.05) is 31.6 Å². The Kier molecular flexibility index (Phi) is 8.07. The average Bonchev–Trinajstić information content (AvgIpc) is 3.14. The maximum absolute atomic E-state index is 9.65. The molecule has 2 unspecified atom stereocenters. The van der Waals surface area contributed by atoms with Crippen LogP contribution >= 0.6 is 12.2 Å². The minimum absolute atomic E-state index is 0.00125. The van der Waals surface area contributed by atoms with Gasteiger partial charge in [0.05, 0.1) is 31.5 Å². The van der Waals surface area contributed by atoms with Gasteiger partial charge in [-0.1, -0.05) is 5.21 Å². The summed E-state index contributed by atoms with van der Waals surface area (Å²) in [5.41, 5.74) is 5.86. The van der Waals surface area contributed by atoms with Gasteiger partial charge in [0, 0.05) is 19.6 Å². The Balaban J connectivity index is 0.000000380. The van der Waals surface area contributed by atoms with Gasteiger partial charge in [-0.05, 0) is 39.4 Å². The summed E-state index contributed by atoms with van der Waals surface area (Å²) < 4.78 is 9.20. The third-order valence-electron chi connectivity index (χ3n) is 3.94. The lowest BCUT2D eigenvalue weighted by molar-refractivity contribution is -0.0512. The van der Waals surface area contributed by atoms with E-state index in [4.69, 9.17) is 10.5 Å². The maximum Gasteiger partial charge on any atom is 0.163 e. The van der Waals surface area contributed by atoms with Crippen LogP contribution in [0, 0.1) is 13.8 Å². The van der Waals surface area contributed by atoms with Crippen LogP contribution in [0.5, 0.6) is 0 Å². The zero-order valence-electron chi connectivity index (χ0n) is 16.0. The lowest BCUT2D eigenvalue weighted by atomic mass is 10.1. The van der Waals surface area contributed by atoms with E-state index in [-0.39, 0.29) is 12.2 Å². The van der Waals surface area contributed by atoms with Gasteiger partial charge in [0.2, 0.25) is 0 Å². The molecule has 2 aromatic rings. The van der Waals surface area contributed by atoms with Crippen LogP contribution in [0.25, 0.3) is 0 Å². The second kappa shape index (κ2) is 10.3. The van der Waals surface area contributed by atoms with E-state index in [1.54, 1.807) is 4.68 Å². The molecule has 10 nitrogen and oxygen atoms in total. The Morgan fingerprint density at radius 1 is 1.48 bits per heavy atom. The van der Waals surface area contributed by atoms with Crippen molar-refractivity contribution in [2.75, 3.05) is 13.2 Å². The van der Waals surface area contributed by atoms with Crippen molar-refractivity contribution in [1.29, 1.82) is 0 Å². The first kappa shape index (κ1) is 21.2. The molecule has 1 aliphatic heterocycles. The van der Waals surface area contributed by atoms with Gasteiger partial charge in [-0.3, -0.25) is 0 Å². The first-order valence-electron chi connectivity index (χ1n) is 8.97. The van der Waals surface area contributed by atoms with Crippen molar-refractivity contribution in [2.45, 2.75) is 58.9 Å². The van der Waals surface area contributed by atoms with Crippen LogP contribution in [0.1, 0.15) is 37.1 Å². The van der Waals surface area contributed by atoms with E-state index in [1.165, 1.54) is 0 Å². The number of nitrogens with two attached hydrogens (primary N) is 1. The number of aliphatic hydroxyl groups is 1. The van der Waals surface area contributed by atoms with Crippen LogP contribution in [0.3, 0.4) is 0 Å². The Bertz CT molecular complexity index is 732. The molecule has 3 rings (SSSR count). The summed E-state index contributed by atoms with van der Waals surface area (Å²) in [6.07, 6.45) is 2.98. The van der Waals surface area contributed by atoms with E-state index in [9.17, 15) is 5.11 Å². The third kappa shape index (κ3) is 7.19. The predicted octanol–water partition coefficient (Wildman–Crippen LogP) is -0.0859. The Morgan fingerprint density at radius 2 is 2.26 bits per heavy atom. The summed E-state index contributed by atoms with van der Waals surface area (Å²) in [5, 5.41) is 25.3. The minimum Gasteiger partial charge on any atom is -0.393 e. The van der Waals surface area contributed by atoms with Crippen LogP contribution < -0.4 is 11.1 Å². The monoisotopic (exact) mass is 396 g/mol. The van der Waals surface area contributed by atoms with Crippen molar-refractivity contribution < 1.29 is 9.84 Å². The minimum atomic E-state index is -0.271. The number of nitrogens with one attached hydrogen (secondary N) is 1. The van der Waals surface area contributed by atoms with E-state index < -0.39 is 0 Å². The molecule has 3 heterocycles. The normalized spacial score (nSPS) is 19.3. The first-order valence-corrected chi connectivity index (χ1v) is 9.38. The maximum atomic E-state index is 9.65. The molecule has 0 amide bonds. The highest BCUT2D eigenvalue weighted by atomic mass is 32.1. The van der Waals surface area contributed by atoms with Crippen LogP contribution in [0.2, 0.25) is 0 Å². The molecule has 1 aliphatic rings. The molecule has 2 atom stereocenters. The molecule has 1 fully saturated rings. The highest BCUT2D eigenvalue weighted by Crippen LogP contribution is 2.15. The Hall–Kier alpha value is -2.11. The summed E-state index contributed by atoms with van der Waals surface area (Å²) in [6, 6.07) is 0. The van der Waals surface area contributed by atoms with Crippen molar-refractivity contribution in [3.63, 3.8) is 0 Å². The van der Waals surface area contributed by atoms with Gasteiger partial charge >= 0.3 is 0 Å². The molecular formula is C16H28N8O2S. The second-order valence-electron chi connectivity index (χ2n) is 6.36. The highest BCUT2D eigenvalue weighted by molar-refractivity contribution is 7.80. The number of rotatable bonds is 5. The van der Waals surface area contributed by atoms with Crippen LogP contribution in [0.15, 0.2) is 6.20 Å². The van der Waals surface area contributed by atoms with Gasteiger partial charge in [0.1, 0.15) is 17.3 Å². The molecule has 0 bridgehead atoms. The Morgan fingerprint density at radius 3 is 2.81 bits per heavy atom. The number of nitrogens with zero attached hydrogens (tertiary/aromatic N) is 6. The lowest BCUT2D eigenvalue weighted by Crippen LogP contribution is -2.32. The van der Waals surface area contributed by atoms with Gasteiger partial charge in [-0.25, -0.2) is 14.3 Å². The molecule has 4 N–H and O–H groups in total. The average molecular weight is 397 g/mol. The van der Waals surface area contributed by atoms with E-state index in [0.717, 1.165) is 23.9 Å². The van der Waals surface area contributed by atoms with E-state index in [0.29, 0.717) is 37.7 Å². The Labute approximate surface area is 164 Å². The van der Waals surface area contributed by atoms with Crippen molar-refractivity contribution in [2.24, 2.45) is 5.73 Å². The molecule has 2 aromatic heterocycles. The van der Waals surface area contributed by atoms with Crippen molar-refractivity contribution in [3.05, 3.63) is 23.5 Å². The number of aryl methyl sites for hydroxylation is 2. The summed E-state index contributed by atoms with van der Waals surface area (Å²) in [6.45, 7) is 8.31. The standard InChI is InChI=1S/C13H20N6O2.C3H8N2S/c1-9-14-10(2)19(16-9)7-11-6-18(17-15-11)8-13-5-12(20)3-4-21-13;1-2-5-3(4)6/h6,12-13,20H,3-5,7-8H2,1-2H3;2H2,1H3,(H3,4,5,6). The van der Waals surface area contributed by atoms with Gasteiger partial charge in [-0.15, -0.1) is 5.10 Å². The fourth-order valence-electron chi connectivity index (χ4n) is 2.73. The van der Waals surface area contributed by atoms with Crippen LogP contribution in [-0.2, 0) is 17.8 Å². The van der Waals surface area contributed by atoms with Crippen LogP contribution in [0.4, 0.5) is 0 Å². The number of thiocarbonyl (C=S) groups is 1. The molecule has 0 aliphatic carbocycles. The smallest absolute Gasteiger partial charge is 0.163 e. The molecule has 0 radical (unpaired) electrons. The van der Waals surface area contributed by atoms with Crippen molar-refractivity contribution in [3.8, 4) is 0 Å².